The van der Waals surface area contributed by atoms with Gasteiger partial charge in [0.2, 0.25) is 0 Å². The maximum Gasteiger partial charge on any atom is 0.302 e. The van der Waals surface area contributed by atoms with Gasteiger partial charge in [-0.3, -0.25) is 4.79 Å². The minimum atomic E-state index is -0.127. The highest BCUT2D eigenvalue weighted by molar-refractivity contribution is 14.1. The van der Waals surface area contributed by atoms with Crippen LogP contribution in [0.25, 0.3) is 0 Å². The molecular formula is C21H29IO2. The third-order valence-electron chi connectivity index (χ3n) is 7.88. The van der Waals surface area contributed by atoms with E-state index in [4.69, 9.17) is 4.74 Å². The molecule has 0 heterocycles. The van der Waals surface area contributed by atoms with Crippen LogP contribution in [0.3, 0.4) is 0 Å². The molecule has 0 aliphatic heterocycles. The molecule has 0 amide bonds. The van der Waals surface area contributed by atoms with E-state index in [0.717, 1.165) is 30.6 Å². The molecule has 0 N–H and O–H groups in total. The van der Waals surface area contributed by atoms with E-state index in [-0.39, 0.29) is 12.1 Å². The second-order valence-electron chi connectivity index (χ2n) is 8.98. The number of allylic oxidation sites excluding steroid dienone is 3. The van der Waals surface area contributed by atoms with Gasteiger partial charge in [0.15, 0.2) is 0 Å². The highest BCUT2D eigenvalue weighted by Gasteiger charge is 2.56. The van der Waals surface area contributed by atoms with Crippen molar-refractivity contribution in [3.63, 3.8) is 0 Å². The second-order valence-corrected chi connectivity index (χ2v) is 10.1. The van der Waals surface area contributed by atoms with Gasteiger partial charge in [-0.2, -0.15) is 0 Å². The van der Waals surface area contributed by atoms with Crippen LogP contribution in [0.15, 0.2) is 21.3 Å². The summed E-state index contributed by atoms with van der Waals surface area (Å²) in [6.07, 6.45) is 13.6. The summed E-state index contributed by atoms with van der Waals surface area (Å²) < 4.78 is 7.14. The van der Waals surface area contributed by atoms with Crippen molar-refractivity contribution in [1.82, 2.24) is 0 Å². The van der Waals surface area contributed by atoms with E-state index < -0.39 is 0 Å². The first kappa shape index (κ1) is 17.1. The van der Waals surface area contributed by atoms with Gasteiger partial charge in [-0.1, -0.05) is 31.6 Å². The van der Waals surface area contributed by atoms with E-state index in [1.807, 2.05) is 0 Å². The van der Waals surface area contributed by atoms with Gasteiger partial charge in [0.05, 0.1) is 0 Å². The lowest BCUT2D eigenvalue weighted by molar-refractivity contribution is -0.148. The van der Waals surface area contributed by atoms with Crippen LogP contribution >= 0.6 is 22.6 Å². The van der Waals surface area contributed by atoms with Gasteiger partial charge >= 0.3 is 5.97 Å². The van der Waals surface area contributed by atoms with Crippen molar-refractivity contribution in [3.8, 4) is 0 Å². The molecule has 0 bridgehead atoms. The van der Waals surface area contributed by atoms with Crippen LogP contribution in [-0.4, -0.2) is 12.1 Å². The number of carbonyl (C=O) groups excluding carboxylic acids is 1. The number of carbonyl (C=O) groups is 1. The van der Waals surface area contributed by atoms with Crippen LogP contribution < -0.4 is 0 Å². The Morgan fingerprint density at radius 2 is 1.88 bits per heavy atom. The van der Waals surface area contributed by atoms with Crippen molar-refractivity contribution in [2.24, 2.45) is 28.6 Å². The first-order chi connectivity index (χ1) is 11.3. The van der Waals surface area contributed by atoms with Gasteiger partial charge < -0.3 is 4.74 Å². The Morgan fingerprint density at radius 3 is 2.62 bits per heavy atom. The fraction of sp³-hybridized carbons (Fsp3) is 0.762. The van der Waals surface area contributed by atoms with Crippen LogP contribution in [0.1, 0.15) is 65.7 Å². The molecule has 2 fully saturated rings. The zero-order valence-electron chi connectivity index (χ0n) is 15.1. The summed E-state index contributed by atoms with van der Waals surface area (Å²) >= 11 is 2.60. The lowest BCUT2D eigenvalue weighted by Gasteiger charge is -2.57. The molecule has 0 spiro atoms. The van der Waals surface area contributed by atoms with Crippen molar-refractivity contribution in [2.75, 3.05) is 0 Å². The number of hydrogen-bond donors (Lipinski definition) is 0. The number of halogens is 1. The maximum absolute atomic E-state index is 11.3. The molecule has 4 rings (SSSR count). The highest BCUT2D eigenvalue weighted by atomic mass is 127. The Hall–Kier alpha value is -0.320. The zero-order valence-corrected chi connectivity index (χ0v) is 17.3. The van der Waals surface area contributed by atoms with Gasteiger partial charge in [-0.15, -0.1) is 0 Å². The summed E-state index contributed by atoms with van der Waals surface area (Å²) in [5.74, 6) is 2.37. The van der Waals surface area contributed by atoms with E-state index in [1.54, 1.807) is 9.15 Å². The monoisotopic (exact) mass is 440 g/mol. The molecule has 0 unspecified atom stereocenters. The Balaban J connectivity index is 1.59. The number of hydrogen-bond acceptors (Lipinski definition) is 2. The topological polar surface area (TPSA) is 26.3 Å². The molecule has 2 nitrogen and oxygen atoms in total. The molecule has 4 aliphatic rings. The minimum absolute atomic E-state index is 0.112. The smallest absolute Gasteiger partial charge is 0.302 e. The quantitative estimate of drug-likeness (QED) is 0.292. The average Bonchev–Trinajstić information content (AvgIpc) is 2.83. The van der Waals surface area contributed by atoms with Gasteiger partial charge in [0.25, 0.3) is 0 Å². The molecular weight excluding hydrogens is 411 g/mol. The van der Waals surface area contributed by atoms with Crippen molar-refractivity contribution >= 4 is 28.6 Å². The van der Waals surface area contributed by atoms with Crippen molar-refractivity contribution in [2.45, 2.75) is 71.8 Å². The van der Waals surface area contributed by atoms with Crippen LogP contribution in [0.4, 0.5) is 0 Å². The lowest BCUT2D eigenvalue weighted by Crippen LogP contribution is -2.49. The number of fused-ring (bicyclic) bond motifs is 5. The summed E-state index contributed by atoms with van der Waals surface area (Å²) in [4.78, 5) is 11.3. The van der Waals surface area contributed by atoms with E-state index >= 15 is 0 Å². The van der Waals surface area contributed by atoms with Crippen LogP contribution in [0.2, 0.25) is 0 Å². The van der Waals surface area contributed by atoms with Gasteiger partial charge in [-0.05, 0) is 87.9 Å². The SMILES string of the molecule is CC(=O)O[C@H]1CC[C@@]2(C)C(=CC[C@@H]3[C@@H]2CC[C@]2(C)C(I)=CC[C@@H]32)C1. The summed E-state index contributed by atoms with van der Waals surface area (Å²) in [7, 11) is 0. The number of rotatable bonds is 1. The van der Waals surface area contributed by atoms with Crippen LogP contribution in [0, 0.1) is 28.6 Å². The lowest BCUT2D eigenvalue weighted by atomic mass is 9.48. The summed E-state index contributed by atoms with van der Waals surface area (Å²) in [6.45, 7) is 6.56. The molecule has 2 saturated carbocycles. The standard InChI is InChI=1S/C21H29IO2/c1-13(23)24-15-8-10-20(2)14(12-15)4-5-16-17-6-7-19(22)21(17,3)11-9-18(16)20/h4,7,15-18H,5-6,8-12H2,1-3H3/t15-,16-,17-,18-,20-,21-/m0/s1. The molecule has 0 radical (unpaired) electrons. The molecule has 3 heteroatoms. The van der Waals surface area contributed by atoms with Gasteiger partial charge in [0, 0.05) is 18.8 Å². The van der Waals surface area contributed by atoms with Crippen molar-refractivity contribution < 1.29 is 9.53 Å². The fourth-order valence-electron chi connectivity index (χ4n) is 6.48. The molecule has 24 heavy (non-hydrogen) atoms. The van der Waals surface area contributed by atoms with Crippen molar-refractivity contribution in [1.29, 1.82) is 0 Å². The summed E-state index contributed by atoms with van der Waals surface area (Å²) in [5.41, 5.74) is 2.37. The Kier molecular flexibility index (Phi) is 4.17. The first-order valence-electron chi connectivity index (χ1n) is 9.57. The second kappa shape index (κ2) is 5.85. The normalized spacial score (nSPS) is 47.0. The minimum Gasteiger partial charge on any atom is -0.462 e. The predicted octanol–water partition coefficient (Wildman–Crippen LogP) is 5.81. The van der Waals surface area contributed by atoms with Crippen molar-refractivity contribution in [3.05, 3.63) is 21.3 Å². The molecule has 4 aliphatic carbocycles. The number of ether oxygens (including phenoxy) is 1. The van der Waals surface area contributed by atoms with E-state index in [2.05, 4.69) is 48.6 Å². The third-order valence-corrected chi connectivity index (χ3v) is 9.55. The average molecular weight is 440 g/mol. The van der Waals surface area contributed by atoms with E-state index in [1.165, 1.54) is 39.0 Å². The fourth-order valence-corrected chi connectivity index (χ4v) is 7.40. The van der Waals surface area contributed by atoms with Crippen LogP contribution in [0.5, 0.6) is 0 Å². The van der Waals surface area contributed by atoms with Crippen LogP contribution in [-0.2, 0) is 9.53 Å². The first-order valence-corrected chi connectivity index (χ1v) is 10.7. The molecule has 132 valence electrons. The van der Waals surface area contributed by atoms with E-state index in [9.17, 15) is 4.79 Å². The predicted molar refractivity (Wildman–Crippen MR) is 105 cm³/mol. The number of esters is 1. The zero-order chi connectivity index (χ0) is 17.1. The summed E-state index contributed by atoms with van der Waals surface area (Å²) in [5, 5.41) is 0. The molecule has 0 aromatic carbocycles. The Bertz CT molecular complexity index is 621. The highest BCUT2D eigenvalue weighted by Crippen LogP contribution is 2.65. The largest absolute Gasteiger partial charge is 0.462 e. The molecule has 6 atom stereocenters. The molecule has 0 aromatic heterocycles. The Labute approximate surface area is 159 Å². The van der Waals surface area contributed by atoms with E-state index in [0.29, 0.717) is 10.8 Å². The summed E-state index contributed by atoms with van der Waals surface area (Å²) in [6, 6.07) is 0. The third kappa shape index (κ3) is 2.44. The molecule has 0 aromatic rings. The Morgan fingerprint density at radius 1 is 1.12 bits per heavy atom. The van der Waals surface area contributed by atoms with Gasteiger partial charge in [-0.25, -0.2) is 0 Å². The maximum atomic E-state index is 11.3. The molecule has 0 saturated heterocycles. The van der Waals surface area contributed by atoms with Gasteiger partial charge in [0.1, 0.15) is 6.10 Å².